The van der Waals surface area contributed by atoms with Gasteiger partial charge >= 0.3 is 0 Å². The average Bonchev–Trinajstić information content (AvgIpc) is 2.84. The Balaban J connectivity index is 1.42. The number of nitrogens with one attached hydrogen (secondary N) is 2. The van der Waals surface area contributed by atoms with Gasteiger partial charge in [0.2, 0.25) is 10.0 Å². The Morgan fingerprint density at radius 1 is 0.656 bits per heavy atom. The molecule has 160 valence electrons. The van der Waals surface area contributed by atoms with Crippen LogP contribution in [0.25, 0.3) is 11.1 Å². The lowest BCUT2D eigenvalue weighted by molar-refractivity contribution is 0.102. The lowest BCUT2D eigenvalue weighted by Crippen LogP contribution is -2.23. The van der Waals surface area contributed by atoms with Crippen LogP contribution in [0.15, 0.2) is 114 Å². The van der Waals surface area contributed by atoms with Gasteiger partial charge in [-0.05, 0) is 53.1 Å². The van der Waals surface area contributed by atoms with Gasteiger partial charge in [0.25, 0.3) is 5.91 Å². The van der Waals surface area contributed by atoms with Crippen LogP contribution in [0.5, 0.6) is 0 Å². The minimum atomic E-state index is -3.61. The van der Waals surface area contributed by atoms with Gasteiger partial charge in [-0.3, -0.25) is 4.79 Å². The van der Waals surface area contributed by atoms with Crippen molar-refractivity contribution in [1.82, 2.24) is 4.72 Å². The molecule has 0 saturated heterocycles. The summed E-state index contributed by atoms with van der Waals surface area (Å²) in [6.07, 6.45) is 0. The molecule has 0 aromatic heterocycles. The molecule has 0 unspecified atom stereocenters. The third-order valence-electron chi connectivity index (χ3n) is 4.99. The molecule has 0 spiro atoms. The molecule has 0 aliphatic heterocycles. The second-order valence-corrected chi connectivity index (χ2v) is 9.00. The Labute approximate surface area is 187 Å². The van der Waals surface area contributed by atoms with E-state index in [-0.39, 0.29) is 17.3 Å². The molecule has 0 radical (unpaired) electrons. The lowest BCUT2D eigenvalue weighted by atomic mass is 10.0. The van der Waals surface area contributed by atoms with E-state index in [0.717, 1.165) is 22.4 Å². The average molecular weight is 443 g/mol. The van der Waals surface area contributed by atoms with Crippen LogP contribution in [-0.4, -0.2) is 14.3 Å². The van der Waals surface area contributed by atoms with Crippen molar-refractivity contribution in [2.24, 2.45) is 0 Å². The fourth-order valence-corrected chi connectivity index (χ4v) is 4.24. The van der Waals surface area contributed by atoms with E-state index in [0.29, 0.717) is 5.56 Å². The number of carbonyl (C=O) groups is 1. The third-order valence-corrected chi connectivity index (χ3v) is 6.40. The Kier molecular flexibility index (Phi) is 6.44. The molecular weight excluding hydrogens is 420 g/mol. The van der Waals surface area contributed by atoms with Crippen molar-refractivity contribution in [3.8, 4) is 11.1 Å². The minimum absolute atomic E-state index is 0.186. The molecule has 4 aromatic rings. The van der Waals surface area contributed by atoms with Crippen LogP contribution in [-0.2, 0) is 16.6 Å². The summed E-state index contributed by atoms with van der Waals surface area (Å²) >= 11 is 0. The van der Waals surface area contributed by atoms with E-state index in [1.807, 2.05) is 72.8 Å². The van der Waals surface area contributed by atoms with E-state index in [1.54, 1.807) is 36.4 Å². The van der Waals surface area contributed by atoms with Gasteiger partial charge in [-0.1, -0.05) is 72.8 Å². The summed E-state index contributed by atoms with van der Waals surface area (Å²) in [4.78, 5) is 12.6. The van der Waals surface area contributed by atoms with Crippen LogP contribution in [0.2, 0.25) is 0 Å². The highest BCUT2D eigenvalue weighted by molar-refractivity contribution is 7.89. The van der Waals surface area contributed by atoms with Crippen molar-refractivity contribution in [3.63, 3.8) is 0 Å². The van der Waals surface area contributed by atoms with Gasteiger partial charge in [0.05, 0.1) is 4.90 Å². The van der Waals surface area contributed by atoms with E-state index < -0.39 is 10.0 Å². The van der Waals surface area contributed by atoms with E-state index >= 15 is 0 Å². The highest BCUT2D eigenvalue weighted by atomic mass is 32.2. The van der Waals surface area contributed by atoms with Gasteiger partial charge < -0.3 is 5.32 Å². The molecule has 6 heteroatoms. The van der Waals surface area contributed by atoms with Crippen LogP contribution in [0.4, 0.5) is 5.69 Å². The first-order valence-electron chi connectivity index (χ1n) is 10.1. The molecule has 1 amide bonds. The summed E-state index contributed by atoms with van der Waals surface area (Å²) in [7, 11) is -3.61. The van der Waals surface area contributed by atoms with E-state index in [1.165, 1.54) is 0 Å². The van der Waals surface area contributed by atoms with Crippen molar-refractivity contribution >= 4 is 21.6 Å². The molecule has 0 fully saturated rings. The summed E-state index contributed by atoms with van der Waals surface area (Å²) in [6, 6.07) is 32.5. The van der Waals surface area contributed by atoms with Crippen LogP contribution in [0.3, 0.4) is 0 Å². The Hall–Kier alpha value is -3.74. The van der Waals surface area contributed by atoms with Crippen molar-refractivity contribution in [3.05, 3.63) is 120 Å². The molecule has 0 aliphatic carbocycles. The largest absolute Gasteiger partial charge is 0.322 e. The van der Waals surface area contributed by atoms with Gasteiger partial charge in [0.1, 0.15) is 0 Å². The number of para-hydroxylation sites is 1. The van der Waals surface area contributed by atoms with Crippen molar-refractivity contribution in [2.75, 3.05) is 5.32 Å². The number of sulfonamides is 1. The van der Waals surface area contributed by atoms with E-state index in [2.05, 4.69) is 10.0 Å². The molecule has 5 nitrogen and oxygen atoms in total. The molecular formula is C26H22N2O3S. The molecule has 0 bridgehead atoms. The van der Waals surface area contributed by atoms with Gasteiger partial charge in [-0.15, -0.1) is 0 Å². The Morgan fingerprint density at radius 3 is 1.78 bits per heavy atom. The number of hydrogen-bond acceptors (Lipinski definition) is 3. The molecule has 0 atom stereocenters. The summed E-state index contributed by atoms with van der Waals surface area (Å²) in [5.41, 5.74) is 3.93. The molecule has 2 N–H and O–H groups in total. The quantitative estimate of drug-likeness (QED) is 0.419. The number of anilines is 1. The number of amides is 1. The van der Waals surface area contributed by atoms with Crippen molar-refractivity contribution < 1.29 is 13.2 Å². The zero-order chi connectivity index (χ0) is 22.4. The fourth-order valence-electron chi connectivity index (χ4n) is 3.22. The maximum Gasteiger partial charge on any atom is 0.255 e. The summed E-state index contributed by atoms with van der Waals surface area (Å²) in [6.45, 7) is 0.234. The van der Waals surface area contributed by atoms with Gasteiger partial charge in [-0.25, -0.2) is 13.1 Å². The van der Waals surface area contributed by atoms with Gasteiger partial charge in [0, 0.05) is 17.8 Å². The highest BCUT2D eigenvalue weighted by Gasteiger charge is 2.14. The minimum Gasteiger partial charge on any atom is -0.322 e. The van der Waals surface area contributed by atoms with Crippen LogP contribution in [0.1, 0.15) is 15.9 Å². The number of hydrogen-bond donors (Lipinski definition) is 2. The molecule has 0 heterocycles. The molecule has 32 heavy (non-hydrogen) atoms. The van der Waals surface area contributed by atoms with E-state index in [9.17, 15) is 13.2 Å². The van der Waals surface area contributed by atoms with Gasteiger partial charge in [-0.2, -0.15) is 0 Å². The lowest BCUT2D eigenvalue weighted by Gasteiger charge is -2.09. The summed E-state index contributed by atoms with van der Waals surface area (Å²) in [5.74, 6) is -0.186. The monoisotopic (exact) mass is 442 g/mol. The topological polar surface area (TPSA) is 75.3 Å². The molecule has 0 saturated carbocycles. The normalized spacial score (nSPS) is 11.1. The highest BCUT2D eigenvalue weighted by Crippen LogP contribution is 2.22. The maximum atomic E-state index is 12.6. The van der Waals surface area contributed by atoms with Crippen LogP contribution < -0.4 is 10.0 Å². The van der Waals surface area contributed by atoms with Crippen LogP contribution in [0, 0.1) is 0 Å². The maximum absolute atomic E-state index is 12.6. The molecule has 4 aromatic carbocycles. The van der Waals surface area contributed by atoms with Crippen molar-refractivity contribution in [2.45, 2.75) is 11.4 Å². The first-order chi connectivity index (χ1) is 15.5. The SMILES string of the molecule is O=C(Nc1ccccc1)c1ccc(-c2ccc(S(=O)(=O)NCc3ccccc3)cc2)cc1. The fraction of sp³-hybridized carbons (Fsp3) is 0.0385. The number of benzene rings is 4. The smallest absolute Gasteiger partial charge is 0.255 e. The summed E-state index contributed by atoms with van der Waals surface area (Å²) in [5, 5.41) is 2.85. The predicted molar refractivity (Wildman–Crippen MR) is 127 cm³/mol. The van der Waals surface area contributed by atoms with Crippen molar-refractivity contribution in [1.29, 1.82) is 0 Å². The van der Waals surface area contributed by atoms with E-state index in [4.69, 9.17) is 0 Å². The van der Waals surface area contributed by atoms with Gasteiger partial charge in [0.15, 0.2) is 0 Å². The summed E-state index contributed by atoms with van der Waals surface area (Å²) < 4.78 is 27.8. The second kappa shape index (κ2) is 9.60. The first-order valence-corrected chi connectivity index (χ1v) is 11.6. The zero-order valence-electron chi connectivity index (χ0n) is 17.2. The van der Waals surface area contributed by atoms with Crippen LogP contribution >= 0.6 is 0 Å². The second-order valence-electron chi connectivity index (χ2n) is 7.23. The first kappa shape index (κ1) is 21.5. The predicted octanol–water partition coefficient (Wildman–Crippen LogP) is 5.08. The Bertz CT molecular complexity index is 1290. The number of rotatable bonds is 7. The number of carbonyl (C=O) groups excluding carboxylic acids is 1. The molecule has 4 rings (SSSR count). The Morgan fingerprint density at radius 2 is 1.19 bits per heavy atom. The molecule has 0 aliphatic rings. The zero-order valence-corrected chi connectivity index (χ0v) is 18.0. The third kappa shape index (κ3) is 5.29. The standard InChI is InChI=1S/C26H22N2O3S/c29-26(28-24-9-5-2-6-10-24)23-13-11-21(12-14-23)22-15-17-25(18-16-22)32(30,31)27-19-20-7-3-1-4-8-20/h1-18,27H,19H2,(H,28,29).